The molecule has 1 amide bonds. The SMILES string of the molecule is CCCCCOc1c(OC)ccc(C(=O)NCCc2cnc[nH]2)c1SC. The van der Waals surface area contributed by atoms with E-state index in [1.54, 1.807) is 31.8 Å². The van der Waals surface area contributed by atoms with Gasteiger partial charge in [0, 0.05) is 24.9 Å². The Morgan fingerprint density at radius 3 is 2.85 bits per heavy atom. The average molecular weight is 378 g/mol. The quantitative estimate of drug-likeness (QED) is 0.461. The van der Waals surface area contributed by atoms with Crippen molar-refractivity contribution in [1.29, 1.82) is 0 Å². The minimum Gasteiger partial charge on any atom is -0.493 e. The number of unbranched alkanes of at least 4 members (excludes halogenated alkanes) is 2. The predicted octanol–water partition coefficient (Wildman–Crippen LogP) is 3.68. The third-order valence-corrected chi connectivity index (χ3v) is 4.79. The lowest BCUT2D eigenvalue weighted by atomic mass is 10.1. The van der Waals surface area contributed by atoms with Crippen LogP contribution < -0.4 is 14.8 Å². The lowest BCUT2D eigenvalue weighted by Crippen LogP contribution is -2.26. The fraction of sp³-hybridized carbons (Fsp3) is 0.474. The number of benzene rings is 1. The first-order valence-electron chi connectivity index (χ1n) is 8.84. The predicted molar refractivity (Wildman–Crippen MR) is 104 cm³/mol. The number of thioether (sulfide) groups is 1. The number of methoxy groups -OCH3 is 1. The van der Waals surface area contributed by atoms with Gasteiger partial charge >= 0.3 is 0 Å². The largest absolute Gasteiger partial charge is 0.493 e. The van der Waals surface area contributed by atoms with E-state index in [9.17, 15) is 4.79 Å². The van der Waals surface area contributed by atoms with Crippen LogP contribution in [0.5, 0.6) is 11.5 Å². The number of hydrogen-bond donors (Lipinski definition) is 2. The zero-order chi connectivity index (χ0) is 18.8. The lowest BCUT2D eigenvalue weighted by molar-refractivity contribution is 0.0950. The molecule has 0 spiro atoms. The monoisotopic (exact) mass is 377 g/mol. The first-order chi connectivity index (χ1) is 12.7. The number of aromatic amines is 1. The smallest absolute Gasteiger partial charge is 0.252 e. The highest BCUT2D eigenvalue weighted by Gasteiger charge is 2.19. The maximum absolute atomic E-state index is 12.6. The maximum Gasteiger partial charge on any atom is 0.252 e. The van der Waals surface area contributed by atoms with Crippen molar-refractivity contribution in [3.05, 3.63) is 35.9 Å². The molecule has 0 fully saturated rings. The van der Waals surface area contributed by atoms with E-state index in [0.29, 0.717) is 36.6 Å². The van der Waals surface area contributed by atoms with E-state index in [-0.39, 0.29) is 5.91 Å². The van der Waals surface area contributed by atoms with Crippen LogP contribution in [0, 0.1) is 0 Å². The first-order valence-corrected chi connectivity index (χ1v) is 10.1. The molecule has 1 aromatic carbocycles. The third kappa shape index (κ3) is 5.42. The van der Waals surface area contributed by atoms with Crippen molar-refractivity contribution >= 4 is 17.7 Å². The summed E-state index contributed by atoms with van der Waals surface area (Å²) in [6.45, 7) is 3.30. The molecule has 0 aliphatic carbocycles. The standard InChI is InChI=1S/C19H27N3O3S/c1-4-5-6-11-25-17-16(24-2)8-7-15(18(17)26-3)19(23)21-10-9-14-12-20-13-22-14/h7-8,12-13H,4-6,9-11H2,1-3H3,(H,20,22)(H,21,23). The number of carbonyl (C=O) groups is 1. The average Bonchev–Trinajstić information content (AvgIpc) is 3.17. The van der Waals surface area contributed by atoms with Crippen molar-refractivity contribution in [2.75, 3.05) is 26.5 Å². The van der Waals surface area contributed by atoms with Crippen LogP contribution >= 0.6 is 11.8 Å². The van der Waals surface area contributed by atoms with Gasteiger partial charge in [0.05, 0.1) is 30.5 Å². The zero-order valence-corrected chi connectivity index (χ0v) is 16.4. The number of hydrogen-bond acceptors (Lipinski definition) is 5. The van der Waals surface area contributed by atoms with Crippen LogP contribution in [0.25, 0.3) is 0 Å². The van der Waals surface area contributed by atoms with Crippen LogP contribution in [0.2, 0.25) is 0 Å². The molecule has 0 aliphatic rings. The van der Waals surface area contributed by atoms with Crippen molar-refractivity contribution in [3.8, 4) is 11.5 Å². The fourth-order valence-corrected chi connectivity index (χ4v) is 3.30. The van der Waals surface area contributed by atoms with E-state index in [2.05, 4.69) is 22.2 Å². The molecule has 142 valence electrons. The van der Waals surface area contributed by atoms with E-state index in [4.69, 9.17) is 9.47 Å². The number of nitrogens with zero attached hydrogens (tertiary/aromatic N) is 1. The summed E-state index contributed by atoms with van der Waals surface area (Å²) in [7, 11) is 1.61. The highest BCUT2D eigenvalue weighted by atomic mass is 32.2. The van der Waals surface area contributed by atoms with Gasteiger partial charge in [-0.3, -0.25) is 4.79 Å². The molecule has 0 radical (unpaired) electrons. The molecule has 0 aliphatic heterocycles. The molecule has 0 saturated heterocycles. The summed E-state index contributed by atoms with van der Waals surface area (Å²) in [6, 6.07) is 3.58. The van der Waals surface area contributed by atoms with Gasteiger partial charge < -0.3 is 19.8 Å². The Hall–Kier alpha value is -2.15. The molecule has 2 rings (SSSR count). The lowest BCUT2D eigenvalue weighted by Gasteiger charge is -2.17. The number of nitrogens with one attached hydrogen (secondary N) is 2. The summed E-state index contributed by atoms with van der Waals surface area (Å²) in [6.07, 6.45) is 9.27. The minimum absolute atomic E-state index is 0.116. The van der Waals surface area contributed by atoms with Gasteiger partial charge in [0.15, 0.2) is 11.5 Å². The van der Waals surface area contributed by atoms with Crippen molar-refractivity contribution in [2.24, 2.45) is 0 Å². The number of rotatable bonds is 11. The number of aromatic nitrogens is 2. The third-order valence-electron chi connectivity index (χ3n) is 3.97. The van der Waals surface area contributed by atoms with E-state index in [1.807, 2.05) is 6.26 Å². The highest BCUT2D eigenvalue weighted by molar-refractivity contribution is 7.98. The van der Waals surface area contributed by atoms with Crippen LogP contribution in [0.1, 0.15) is 42.2 Å². The molecule has 0 atom stereocenters. The molecule has 26 heavy (non-hydrogen) atoms. The number of H-pyrrole nitrogens is 1. The van der Waals surface area contributed by atoms with Crippen LogP contribution in [-0.4, -0.2) is 42.4 Å². The summed E-state index contributed by atoms with van der Waals surface area (Å²) < 4.78 is 11.4. The molecule has 0 unspecified atom stereocenters. The van der Waals surface area contributed by atoms with Crippen LogP contribution in [0.3, 0.4) is 0 Å². The molecule has 7 heteroatoms. The van der Waals surface area contributed by atoms with Crippen LogP contribution in [0.15, 0.2) is 29.6 Å². The Kier molecular flexibility index (Phi) is 8.34. The number of imidazole rings is 1. The summed E-state index contributed by atoms with van der Waals surface area (Å²) in [4.78, 5) is 20.4. The van der Waals surface area contributed by atoms with Crippen molar-refractivity contribution in [3.63, 3.8) is 0 Å². The van der Waals surface area contributed by atoms with E-state index in [1.165, 1.54) is 11.8 Å². The molecule has 2 N–H and O–H groups in total. The van der Waals surface area contributed by atoms with Crippen molar-refractivity contribution in [1.82, 2.24) is 15.3 Å². The number of ether oxygens (including phenoxy) is 2. The second-order valence-corrected chi connectivity index (χ2v) is 6.63. The van der Waals surface area contributed by atoms with E-state index >= 15 is 0 Å². The summed E-state index contributed by atoms with van der Waals surface area (Å²) in [5.41, 5.74) is 1.60. The summed E-state index contributed by atoms with van der Waals surface area (Å²) in [5, 5.41) is 2.96. The Morgan fingerprint density at radius 2 is 2.19 bits per heavy atom. The molecular weight excluding hydrogens is 350 g/mol. The molecule has 1 heterocycles. The highest BCUT2D eigenvalue weighted by Crippen LogP contribution is 2.39. The molecular formula is C19H27N3O3S. The molecule has 1 aromatic heterocycles. The Labute approximate surface area is 159 Å². The van der Waals surface area contributed by atoms with Crippen LogP contribution in [-0.2, 0) is 6.42 Å². The summed E-state index contributed by atoms with van der Waals surface area (Å²) in [5.74, 6) is 1.19. The number of amides is 1. The van der Waals surface area contributed by atoms with Gasteiger partial charge in [-0.1, -0.05) is 19.8 Å². The van der Waals surface area contributed by atoms with Gasteiger partial charge in [0.2, 0.25) is 0 Å². The summed E-state index contributed by atoms with van der Waals surface area (Å²) >= 11 is 1.49. The zero-order valence-electron chi connectivity index (χ0n) is 15.6. The van der Waals surface area contributed by atoms with Gasteiger partial charge in [0.1, 0.15) is 0 Å². The maximum atomic E-state index is 12.6. The van der Waals surface area contributed by atoms with Gasteiger partial charge in [-0.2, -0.15) is 0 Å². The second-order valence-electron chi connectivity index (χ2n) is 5.82. The van der Waals surface area contributed by atoms with E-state index < -0.39 is 0 Å². The van der Waals surface area contributed by atoms with Crippen LogP contribution in [0.4, 0.5) is 0 Å². The van der Waals surface area contributed by atoms with Crippen molar-refractivity contribution < 1.29 is 14.3 Å². The van der Waals surface area contributed by atoms with Crippen molar-refractivity contribution in [2.45, 2.75) is 37.5 Å². The Morgan fingerprint density at radius 1 is 1.35 bits per heavy atom. The Balaban J connectivity index is 2.09. The van der Waals surface area contributed by atoms with E-state index in [0.717, 1.165) is 29.9 Å². The fourth-order valence-electron chi connectivity index (χ4n) is 2.58. The minimum atomic E-state index is -0.116. The van der Waals surface area contributed by atoms with Gasteiger partial charge in [-0.25, -0.2) is 4.98 Å². The normalized spacial score (nSPS) is 10.6. The van der Waals surface area contributed by atoms with Gasteiger partial charge in [-0.15, -0.1) is 11.8 Å². The van der Waals surface area contributed by atoms with Gasteiger partial charge in [0.25, 0.3) is 5.91 Å². The Bertz CT molecular complexity index is 690. The van der Waals surface area contributed by atoms with Gasteiger partial charge in [-0.05, 0) is 24.8 Å². The second kappa shape index (κ2) is 10.8. The molecule has 6 nitrogen and oxygen atoms in total. The number of carbonyl (C=O) groups excluding carboxylic acids is 1. The topological polar surface area (TPSA) is 76.2 Å². The molecule has 0 bridgehead atoms. The molecule has 0 saturated carbocycles. The molecule has 2 aromatic rings. The first kappa shape index (κ1) is 20.2.